The van der Waals surface area contributed by atoms with Gasteiger partial charge in [-0.3, -0.25) is 9.13 Å². The highest BCUT2D eigenvalue weighted by Crippen LogP contribution is 2.43. The molecule has 61 heavy (non-hydrogen) atoms. The van der Waals surface area contributed by atoms with Crippen molar-refractivity contribution in [2.75, 3.05) is 0 Å². The molecule has 0 fully saturated rings. The summed E-state index contributed by atoms with van der Waals surface area (Å²) in [6.07, 6.45) is 2.05. The lowest BCUT2D eigenvalue weighted by molar-refractivity contribution is 1.07. The van der Waals surface area contributed by atoms with Gasteiger partial charge >= 0.3 is 0 Å². The number of benzene rings is 8. The Morgan fingerprint density at radius 3 is 1.39 bits per heavy atom. The van der Waals surface area contributed by atoms with E-state index in [9.17, 15) is 0 Å². The minimum absolute atomic E-state index is 1.03. The van der Waals surface area contributed by atoms with Gasteiger partial charge in [0.2, 0.25) is 0 Å². The van der Waals surface area contributed by atoms with E-state index >= 15 is 0 Å². The van der Waals surface area contributed by atoms with Gasteiger partial charge in [-0.25, -0.2) is 4.98 Å². The quantitative estimate of drug-likeness (QED) is 0.175. The van der Waals surface area contributed by atoms with Crippen LogP contribution in [0.25, 0.3) is 120 Å². The van der Waals surface area contributed by atoms with Crippen molar-refractivity contribution in [3.63, 3.8) is 0 Å². The fraction of sp³-hybridized carbons (Fsp3) is 0. The van der Waals surface area contributed by atoms with Crippen molar-refractivity contribution in [3.8, 4) is 22.7 Å². The molecule has 0 unspecified atom stereocenters. The molecule has 14 aromatic rings. The first-order valence-corrected chi connectivity index (χ1v) is 21.5. The fourth-order valence-electron chi connectivity index (χ4n) is 10.3. The zero-order chi connectivity index (χ0) is 39.8. The number of para-hydroxylation sites is 6. The maximum atomic E-state index is 5.17. The first-order valence-electron chi connectivity index (χ1n) is 20.7. The summed E-state index contributed by atoms with van der Waals surface area (Å²) >= 11 is 1.76. The molecule has 0 saturated carbocycles. The molecule has 0 aliphatic heterocycles. The van der Waals surface area contributed by atoms with Crippen LogP contribution < -0.4 is 0 Å². The van der Waals surface area contributed by atoms with Crippen LogP contribution in [0.1, 0.15) is 0 Å². The lowest BCUT2D eigenvalue weighted by Gasteiger charge is -2.13. The highest BCUT2D eigenvalue weighted by atomic mass is 32.1. The van der Waals surface area contributed by atoms with E-state index in [1.165, 1.54) is 69.9 Å². The molecular weight excluding hydrogens is 763 g/mol. The Kier molecular flexibility index (Phi) is 6.65. The van der Waals surface area contributed by atoms with Crippen LogP contribution >= 0.6 is 11.3 Å². The first-order chi connectivity index (χ1) is 30.3. The summed E-state index contributed by atoms with van der Waals surface area (Å²) in [5.41, 5.74) is 12.7. The number of pyridine rings is 1. The van der Waals surface area contributed by atoms with Gasteiger partial charge in [0, 0.05) is 70.2 Å². The second kappa shape index (κ2) is 12.3. The largest absolute Gasteiger partial charge is 0.309 e. The van der Waals surface area contributed by atoms with Crippen LogP contribution in [0.3, 0.4) is 0 Å². The number of fused-ring (bicyclic) bond motifs is 14. The SMILES string of the molecule is c1ccc(-n2c3ccccc3c3c4ccccc4n(-c4ccc5sc6ncc(-n7c8ccccc8c8cc(-n9c%10ccccc%10c%10ccccc%109)ccc87)cc6c5c4)c32)cc1. The van der Waals surface area contributed by atoms with Crippen molar-refractivity contribution in [2.24, 2.45) is 0 Å². The first kappa shape index (κ1) is 33.0. The molecular formula is C55H33N5S. The summed E-state index contributed by atoms with van der Waals surface area (Å²) < 4.78 is 10.9. The van der Waals surface area contributed by atoms with Crippen molar-refractivity contribution in [3.05, 3.63) is 200 Å². The number of hydrogen-bond acceptors (Lipinski definition) is 2. The minimum atomic E-state index is 1.03. The molecule has 0 atom stereocenters. The average Bonchev–Trinajstić information content (AvgIpc) is 4.11. The molecule has 6 heterocycles. The normalized spacial score (nSPS) is 12.3. The van der Waals surface area contributed by atoms with Crippen LogP contribution in [0.15, 0.2) is 200 Å². The van der Waals surface area contributed by atoms with Gasteiger partial charge in [-0.1, -0.05) is 109 Å². The van der Waals surface area contributed by atoms with Gasteiger partial charge in [0.1, 0.15) is 10.5 Å². The minimum Gasteiger partial charge on any atom is -0.309 e. The number of thiophene rings is 1. The lowest BCUT2D eigenvalue weighted by Crippen LogP contribution is -2.01. The third kappa shape index (κ3) is 4.51. The van der Waals surface area contributed by atoms with Crippen LogP contribution in [0.4, 0.5) is 0 Å². The monoisotopic (exact) mass is 795 g/mol. The van der Waals surface area contributed by atoms with Crippen molar-refractivity contribution in [1.82, 2.24) is 23.3 Å². The van der Waals surface area contributed by atoms with Gasteiger partial charge in [0.05, 0.1) is 45.0 Å². The maximum Gasteiger partial charge on any atom is 0.131 e. The molecule has 0 amide bonds. The van der Waals surface area contributed by atoms with Crippen molar-refractivity contribution >= 4 is 108 Å². The van der Waals surface area contributed by atoms with E-state index < -0.39 is 0 Å². The summed E-state index contributed by atoms with van der Waals surface area (Å²) in [7, 11) is 0. The average molecular weight is 796 g/mol. The summed E-state index contributed by atoms with van der Waals surface area (Å²) in [6.45, 7) is 0. The second-order valence-electron chi connectivity index (χ2n) is 16.0. The number of hydrogen-bond donors (Lipinski definition) is 0. The Labute approximate surface area is 352 Å². The molecule has 6 aromatic heterocycles. The second-order valence-corrected chi connectivity index (χ2v) is 17.0. The molecule has 14 rings (SSSR count). The Morgan fingerprint density at radius 2 is 0.754 bits per heavy atom. The molecule has 0 radical (unpaired) electrons. The van der Waals surface area contributed by atoms with Gasteiger partial charge in [-0.15, -0.1) is 11.3 Å². The van der Waals surface area contributed by atoms with E-state index in [4.69, 9.17) is 4.98 Å². The van der Waals surface area contributed by atoms with E-state index in [-0.39, 0.29) is 0 Å². The third-order valence-electron chi connectivity index (χ3n) is 12.8. The molecule has 5 nitrogen and oxygen atoms in total. The lowest BCUT2D eigenvalue weighted by atomic mass is 10.1. The molecule has 284 valence electrons. The van der Waals surface area contributed by atoms with E-state index in [2.05, 4.69) is 212 Å². The number of nitrogens with zero attached hydrogens (tertiary/aromatic N) is 5. The maximum absolute atomic E-state index is 5.17. The van der Waals surface area contributed by atoms with Gasteiger partial charge in [0.25, 0.3) is 0 Å². The molecule has 0 N–H and O–H groups in total. The molecule has 6 heteroatoms. The predicted molar refractivity (Wildman–Crippen MR) is 257 cm³/mol. The van der Waals surface area contributed by atoms with E-state index in [1.807, 2.05) is 6.20 Å². The Morgan fingerprint density at radius 1 is 0.311 bits per heavy atom. The topological polar surface area (TPSA) is 32.6 Å². The van der Waals surface area contributed by atoms with Gasteiger partial charge in [0.15, 0.2) is 0 Å². The molecule has 0 spiro atoms. The highest BCUT2D eigenvalue weighted by Gasteiger charge is 2.23. The van der Waals surface area contributed by atoms with Crippen LogP contribution in [0.5, 0.6) is 0 Å². The van der Waals surface area contributed by atoms with E-state index in [0.29, 0.717) is 0 Å². The smallest absolute Gasteiger partial charge is 0.131 e. The number of rotatable bonds is 4. The van der Waals surface area contributed by atoms with Crippen LogP contribution in [-0.4, -0.2) is 23.3 Å². The van der Waals surface area contributed by atoms with Gasteiger partial charge in [-0.05, 0) is 84.9 Å². The van der Waals surface area contributed by atoms with Crippen LogP contribution in [0.2, 0.25) is 0 Å². The molecule has 0 saturated heterocycles. The molecule has 8 aromatic carbocycles. The van der Waals surface area contributed by atoms with E-state index in [0.717, 1.165) is 49.6 Å². The molecule has 0 bridgehead atoms. The summed E-state index contributed by atoms with van der Waals surface area (Å²) in [5, 5.41) is 11.1. The highest BCUT2D eigenvalue weighted by molar-refractivity contribution is 7.25. The summed E-state index contributed by atoms with van der Waals surface area (Å²) in [6, 6.07) is 70.8. The Balaban J connectivity index is 0.990. The third-order valence-corrected chi connectivity index (χ3v) is 13.9. The standard InChI is InChI=1S/C55H33N5S/c1-2-14-34(15-3-1)59-49-24-12-7-19-41(49)53-42-20-8-13-25-50(42)60(55(53)59)36-27-29-52-44(31-36)45-32-37(33-56-54(45)61-52)58-48-23-11-6-18-40(48)43-30-35(26-28-51(43)58)57-46-21-9-4-16-38(46)39-17-5-10-22-47(39)57/h1-33H. The van der Waals surface area contributed by atoms with Crippen molar-refractivity contribution < 1.29 is 0 Å². The predicted octanol–water partition coefficient (Wildman–Crippen LogP) is 14.7. The fourth-order valence-corrected chi connectivity index (χ4v) is 11.3. The van der Waals surface area contributed by atoms with Gasteiger partial charge < -0.3 is 9.13 Å². The Hall–Kier alpha value is -7.93. The summed E-state index contributed by atoms with van der Waals surface area (Å²) in [5.74, 6) is 0. The van der Waals surface area contributed by atoms with Crippen LogP contribution in [0, 0.1) is 0 Å². The zero-order valence-electron chi connectivity index (χ0n) is 32.7. The summed E-state index contributed by atoms with van der Waals surface area (Å²) in [4.78, 5) is 6.21. The zero-order valence-corrected chi connectivity index (χ0v) is 33.5. The van der Waals surface area contributed by atoms with Crippen molar-refractivity contribution in [1.29, 1.82) is 0 Å². The Bertz CT molecular complexity index is 4070. The number of aromatic nitrogens is 5. The molecule has 0 aliphatic carbocycles. The molecule has 0 aliphatic rings. The van der Waals surface area contributed by atoms with Crippen LogP contribution in [-0.2, 0) is 0 Å². The van der Waals surface area contributed by atoms with Crippen molar-refractivity contribution in [2.45, 2.75) is 0 Å². The van der Waals surface area contributed by atoms with Gasteiger partial charge in [-0.2, -0.15) is 0 Å². The van der Waals surface area contributed by atoms with E-state index in [1.54, 1.807) is 11.3 Å².